The number of halogens is 3. The van der Waals surface area contributed by atoms with Crippen molar-refractivity contribution >= 4 is 28.3 Å². The van der Waals surface area contributed by atoms with Crippen molar-refractivity contribution in [1.29, 1.82) is 0 Å². The molecule has 0 aromatic carbocycles. The average molecular weight is 300 g/mol. The van der Waals surface area contributed by atoms with Gasteiger partial charge in [-0.3, -0.25) is 4.98 Å². The molecule has 2 N–H and O–H groups in total. The topological polar surface area (TPSA) is 48.1 Å². The fourth-order valence-corrected chi connectivity index (χ4v) is 1.53. The Balaban J connectivity index is 3.27. The number of ether oxygens (including phenoxy) is 1. The lowest BCUT2D eigenvalue weighted by molar-refractivity contribution is 0.146. The average Bonchev–Trinajstić information content (AvgIpc) is 2.04. The predicted molar refractivity (Wildman–Crippen MR) is 52.9 cm³/mol. The highest BCUT2D eigenvalue weighted by molar-refractivity contribution is 14.1. The Labute approximate surface area is 87.4 Å². The van der Waals surface area contributed by atoms with Crippen LogP contribution in [0.15, 0.2) is 6.20 Å². The van der Waals surface area contributed by atoms with Crippen LogP contribution >= 0.6 is 22.6 Å². The first-order valence-corrected chi connectivity index (χ1v) is 4.41. The van der Waals surface area contributed by atoms with Gasteiger partial charge in [-0.15, -0.1) is 0 Å². The smallest absolute Gasteiger partial charge is 0.282 e. The molecule has 1 heterocycles. The number of nitrogen functional groups attached to an aromatic ring is 1. The zero-order valence-electron chi connectivity index (χ0n) is 6.72. The number of pyridine rings is 1. The molecule has 1 aromatic rings. The highest BCUT2D eigenvalue weighted by Gasteiger charge is 2.18. The van der Waals surface area contributed by atoms with E-state index in [2.05, 4.69) is 4.98 Å². The monoisotopic (exact) mass is 300 g/mol. The number of alkyl halides is 2. The van der Waals surface area contributed by atoms with Gasteiger partial charge in [0.2, 0.25) is 0 Å². The summed E-state index contributed by atoms with van der Waals surface area (Å²) in [4.78, 5) is 3.52. The second-order valence-corrected chi connectivity index (χ2v) is 3.40. The van der Waals surface area contributed by atoms with E-state index in [9.17, 15) is 8.78 Å². The fourth-order valence-electron chi connectivity index (χ4n) is 0.881. The van der Waals surface area contributed by atoms with Crippen LogP contribution in [-0.2, 0) is 0 Å². The first-order valence-electron chi connectivity index (χ1n) is 3.34. The van der Waals surface area contributed by atoms with Gasteiger partial charge in [-0.25, -0.2) is 8.78 Å². The minimum atomic E-state index is -2.68. The van der Waals surface area contributed by atoms with Crippen LogP contribution in [-0.4, -0.2) is 12.1 Å². The lowest BCUT2D eigenvalue weighted by Gasteiger charge is -2.09. The van der Waals surface area contributed by atoms with Crippen LogP contribution in [0.3, 0.4) is 0 Å². The van der Waals surface area contributed by atoms with Crippen molar-refractivity contribution in [2.45, 2.75) is 6.43 Å². The van der Waals surface area contributed by atoms with Crippen molar-refractivity contribution in [2.75, 3.05) is 12.8 Å². The summed E-state index contributed by atoms with van der Waals surface area (Å²) in [7, 11) is 1.38. The maximum Gasteiger partial charge on any atom is 0.282 e. The molecule has 0 bridgehead atoms. The van der Waals surface area contributed by atoms with Gasteiger partial charge in [-0.05, 0) is 22.6 Å². The van der Waals surface area contributed by atoms with Gasteiger partial charge in [0, 0.05) is 6.20 Å². The van der Waals surface area contributed by atoms with Gasteiger partial charge in [-0.2, -0.15) is 0 Å². The van der Waals surface area contributed by atoms with Crippen LogP contribution in [0.5, 0.6) is 5.75 Å². The summed E-state index contributed by atoms with van der Waals surface area (Å²) >= 11 is 1.91. The van der Waals surface area contributed by atoms with Crippen molar-refractivity contribution in [3.8, 4) is 5.75 Å². The highest BCUT2D eigenvalue weighted by Crippen LogP contribution is 2.33. The summed E-state index contributed by atoms with van der Waals surface area (Å²) in [6, 6.07) is 0. The standard InChI is InChI=1S/C7H7F2IN2O/c1-13-6-3(10)2-12-5(4(6)11)7(8)9/h2,7H,11H2,1H3. The number of hydrogen-bond acceptors (Lipinski definition) is 3. The van der Waals surface area contributed by atoms with Crippen molar-refractivity contribution in [1.82, 2.24) is 4.98 Å². The molecule has 0 saturated carbocycles. The van der Waals surface area contributed by atoms with E-state index in [0.29, 0.717) is 3.57 Å². The van der Waals surface area contributed by atoms with E-state index in [1.807, 2.05) is 22.6 Å². The molecule has 0 aliphatic heterocycles. The molecule has 0 aliphatic carbocycles. The Kier molecular flexibility index (Phi) is 3.23. The van der Waals surface area contributed by atoms with E-state index >= 15 is 0 Å². The number of nitrogens with zero attached hydrogens (tertiary/aromatic N) is 1. The van der Waals surface area contributed by atoms with E-state index in [4.69, 9.17) is 10.5 Å². The number of rotatable bonds is 2. The lowest BCUT2D eigenvalue weighted by Crippen LogP contribution is -2.03. The zero-order valence-corrected chi connectivity index (χ0v) is 8.88. The molecule has 0 saturated heterocycles. The molecular weight excluding hydrogens is 293 g/mol. The van der Waals surface area contributed by atoms with Crippen molar-refractivity contribution < 1.29 is 13.5 Å². The molecule has 0 atom stereocenters. The van der Waals surface area contributed by atoms with Crippen LogP contribution in [0, 0.1) is 3.57 Å². The molecule has 0 aliphatic rings. The molecule has 1 rings (SSSR count). The summed E-state index contributed by atoms with van der Waals surface area (Å²) in [5.74, 6) is 0.255. The third-order valence-electron chi connectivity index (χ3n) is 1.47. The summed E-state index contributed by atoms with van der Waals surface area (Å²) in [6.45, 7) is 0. The quantitative estimate of drug-likeness (QED) is 0.852. The normalized spacial score (nSPS) is 10.5. The van der Waals surface area contributed by atoms with E-state index in [0.717, 1.165) is 0 Å². The van der Waals surface area contributed by atoms with E-state index < -0.39 is 12.1 Å². The maximum atomic E-state index is 12.3. The van der Waals surface area contributed by atoms with Crippen molar-refractivity contribution in [3.05, 3.63) is 15.5 Å². The second kappa shape index (κ2) is 4.03. The Hall–Kier alpha value is -0.660. The molecule has 1 aromatic heterocycles. The van der Waals surface area contributed by atoms with Gasteiger partial charge in [0.1, 0.15) is 11.4 Å². The van der Waals surface area contributed by atoms with Gasteiger partial charge >= 0.3 is 0 Å². The van der Waals surface area contributed by atoms with Crippen LogP contribution in [0.2, 0.25) is 0 Å². The molecule has 0 unspecified atom stereocenters. The van der Waals surface area contributed by atoms with Crippen molar-refractivity contribution in [3.63, 3.8) is 0 Å². The summed E-state index contributed by atoms with van der Waals surface area (Å²) in [5, 5.41) is 0. The molecule has 6 heteroatoms. The molecule has 13 heavy (non-hydrogen) atoms. The van der Waals surface area contributed by atoms with Gasteiger partial charge in [0.05, 0.1) is 10.7 Å². The molecule has 0 fully saturated rings. The summed E-state index contributed by atoms with van der Waals surface area (Å²) in [5.41, 5.74) is 4.90. The van der Waals surface area contributed by atoms with E-state index in [-0.39, 0.29) is 11.4 Å². The largest absolute Gasteiger partial charge is 0.493 e. The van der Waals surface area contributed by atoms with Crippen LogP contribution in [0.25, 0.3) is 0 Å². The van der Waals surface area contributed by atoms with Crippen LogP contribution in [0.1, 0.15) is 12.1 Å². The lowest BCUT2D eigenvalue weighted by atomic mass is 10.3. The SMILES string of the molecule is COc1c(I)cnc(C(F)F)c1N. The highest BCUT2D eigenvalue weighted by atomic mass is 127. The Morgan fingerprint density at radius 3 is 2.69 bits per heavy atom. The molecule has 72 valence electrons. The second-order valence-electron chi connectivity index (χ2n) is 2.24. The molecule has 0 amide bonds. The van der Waals surface area contributed by atoms with Gasteiger partial charge in [0.15, 0.2) is 5.75 Å². The first kappa shape index (κ1) is 10.4. The van der Waals surface area contributed by atoms with E-state index in [1.165, 1.54) is 13.3 Å². The fraction of sp³-hybridized carbons (Fsp3) is 0.286. The third kappa shape index (κ3) is 1.98. The van der Waals surface area contributed by atoms with Crippen molar-refractivity contribution in [2.24, 2.45) is 0 Å². The zero-order chi connectivity index (χ0) is 10.0. The number of aromatic nitrogens is 1. The predicted octanol–water partition coefficient (Wildman–Crippen LogP) is 2.21. The van der Waals surface area contributed by atoms with Gasteiger partial charge < -0.3 is 10.5 Å². The Bertz CT molecular complexity index is 320. The Morgan fingerprint density at radius 1 is 1.62 bits per heavy atom. The first-order chi connectivity index (χ1) is 6.07. The summed E-state index contributed by atoms with van der Waals surface area (Å²) < 4.78 is 30.0. The number of hydrogen-bond donors (Lipinski definition) is 1. The maximum absolute atomic E-state index is 12.3. The number of methoxy groups -OCH3 is 1. The number of nitrogens with two attached hydrogens (primary N) is 1. The van der Waals surface area contributed by atoms with E-state index in [1.54, 1.807) is 0 Å². The molecule has 3 nitrogen and oxygen atoms in total. The van der Waals surface area contributed by atoms with Crippen LogP contribution < -0.4 is 10.5 Å². The molecule has 0 spiro atoms. The summed E-state index contributed by atoms with van der Waals surface area (Å²) in [6.07, 6.45) is -1.37. The molecular formula is C7H7F2IN2O. The minimum Gasteiger partial charge on any atom is -0.493 e. The van der Waals surface area contributed by atoms with Crippen LogP contribution in [0.4, 0.5) is 14.5 Å². The minimum absolute atomic E-state index is 0.0931. The number of anilines is 1. The van der Waals surface area contributed by atoms with Gasteiger partial charge in [-0.1, -0.05) is 0 Å². The molecule has 0 radical (unpaired) electrons. The van der Waals surface area contributed by atoms with Gasteiger partial charge in [0.25, 0.3) is 6.43 Å². The third-order valence-corrected chi connectivity index (χ3v) is 2.23. The Morgan fingerprint density at radius 2 is 2.23 bits per heavy atom.